The van der Waals surface area contributed by atoms with Gasteiger partial charge in [-0.15, -0.1) is 0 Å². The van der Waals surface area contributed by atoms with Crippen LogP contribution < -0.4 is 0 Å². The molecule has 0 aromatic carbocycles. The Morgan fingerprint density at radius 1 is 1.43 bits per heavy atom. The van der Waals surface area contributed by atoms with Gasteiger partial charge in [0.2, 0.25) is 0 Å². The number of hydrogen-bond donors (Lipinski definition) is 0. The molecule has 0 radical (unpaired) electrons. The van der Waals surface area contributed by atoms with Gasteiger partial charge in [0.1, 0.15) is 0 Å². The monoisotopic (exact) mass is 141 g/mol. The topological polar surface area (TPSA) is 17.1 Å². The molecule has 0 unspecified atom stereocenters. The van der Waals surface area contributed by atoms with Gasteiger partial charge in [-0.1, -0.05) is 25.3 Å². The van der Waals surface area contributed by atoms with E-state index >= 15 is 0 Å². The van der Waals surface area contributed by atoms with Crippen LogP contribution in [0.15, 0.2) is 25.3 Å². The summed E-state index contributed by atoms with van der Waals surface area (Å²) < 4.78 is 0. The summed E-state index contributed by atoms with van der Waals surface area (Å²) in [4.78, 5) is 9.73. The van der Waals surface area contributed by atoms with Crippen molar-refractivity contribution in [1.29, 1.82) is 0 Å². The first-order chi connectivity index (χ1) is 3.33. The third kappa shape index (κ3) is 221. The van der Waals surface area contributed by atoms with Crippen molar-refractivity contribution >= 4 is 4.82 Å². The van der Waals surface area contributed by atoms with Crippen molar-refractivity contribution in [3.8, 4) is 0 Å². The molecule has 0 heterocycles. The van der Waals surface area contributed by atoms with E-state index in [0.29, 0.717) is 0 Å². The van der Waals surface area contributed by atoms with Crippen LogP contribution in [0.1, 0.15) is 0 Å². The van der Waals surface area contributed by atoms with Crippen LogP contribution in [0, 0.1) is 0 Å². The molecule has 0 aliphatic heterocycles. The number of allylic oxidation sites excluding steroid dienone is 2. The molecule has 0 rings (SSSR count). The molecule has 0 spiro atoms. The fourth-order valence-electron chi connectivity index (χ4n) is 0. The Morgan fingerprint density at radius 2 is 1.57 bits per heavy atom. The Balaban J connectivity index is 0. The molecule has 0 aliphatic carbocycles. The quantitative estimate of drug-likeness (QED) is 0.497. The van der Waals surface area contributed by atoms with Crippen LogP contribution in [0.25, 0.3) is 0 Å². The van der Waals surface area contributed by atoms with Crippen LogP contribution >= 0.6 is 0 Å². The molecule has 0 aromatic rings. The van der Waals surface area contributed by atoms with E-state index in [1.807, 2.05) is 0 Å². The SMILES string of the molecule is C=CC=C.O=[C]=[Co]. The summed E-state index contributed by atoms with van der Waals surface area (Å²) in [7, 11) is 0. The van der Waals surface area contributed by atoms with Crippen LogP contribution in [0.4, 0.5) is 0 Å². The molecule has 0 bridgehead atoms. The average molecular weight is 141 g/mol. The van der Waals surface area contributed by atoms with E-state index in [1.54, 1.807) is 12.2 Å². The van der Waals surface area contributed by atoms with E-state index in [1.165, 1.54) is 4.82 Å². The summed E-state index contributed by atoms with van der Waals surface area (Å²) in [5.74, 6) is 0. The van der Waals surface area contributed by atoms with Crippen LogP contribution in [0.5, 0.6) is 0 Å². The summed E-state index contributed by atoms with van der Waals surface area (Å²) >= 11 is 3.02. The normalized spacial score (nSPS) is 4.14. The minimum atomic E-state index is 1.19. The second kappa shape index (κ2) is 17.6. The van der Waals surface area contributed by atoms with Crippen molar-refractivity contribution in [3.05, 3.63) is 25.3 Å². The standard InChI is InChI=1S/C4H6.CO.Co/c1-3-4-2;1-2;/h3-4H,1-2H2;;. The van der Waals surface area contributed by atoms with Crippen LogP contribution in [0.3, 0.4) is 0 Å². The van der Waals surface area contributed by atoms with Gasteiger partial charge in [-0.3, -0.25) is 0 Å². The minimum absolute atomic E-state index is 1.19. The Labute approximate surface area is 50.9 Å². The third-order valence-electron chi connectivity index (χ3n) is 0.167. The molecule has 0 saturated heterocycles. The molecule has 1 nitrogen and oxygen atoms in total. The number of carbonyl (C=O) groups excluding carboxylic acids is 1. The molecule has 0 amide bonds. The first-order valence-electron chi connectivity index (χ1n) is 1.52. The van der Waals surface area contributed by atoms with Crippen LogP contribution in [0.2, 0.25) is 0 Å². The molecule has 0 aliphatic rings. The maximum atomic E-state index is 8.54. The average Bonchev–Trinajstić information content (AvgIpc) is 1.69. The van der Waals surface area contributed by atoms with Gasteiger partial charge < -0.3 is 0 Å². The molecule has 7 heavy (non-hydrogen) atoms. The molecular formula is C5H6CoO. The van der Waals surface area contributed by atoms with Gasteiger partial charge in [0.15, 0.2) is 0 Å². The Morgan fingerprint density at radius 3 is 1.57 bits per heavy atom. The van der Waals surface area contributed by atoms with E-state index in [2.05, 4.69) is 28.5 Å². The molecule has 0 aromatic heterocycles. The molecule has 0 saturated carbocycles. The van der Waals surface area contributed by atoms with E-state index in [0.717, 1.165) is 0 Å². The Bertz CT molecular complexity index is 74.1. The molecular weight excluding hydrogens is 135 g/mol. The van der Waals surface area contributed by atoms with Crippen molar-refractivity contribution in [1.82, 2.24) is 0 Å². The van der Waals surface area contributed by atoms with Gasteiger partial charge in [0, 0.05) is 0 Å². The number of rotatable bonds is 1. The predicted octanol–water partition coefficient (Wildman–Crippen LogP) is 0.959. The summed E-state index contributed by atoms with van der Waals surface area (Å²) in [6.07, 6.45) is 3.28. The predicted molar refractivity (Wildman–Crippen MR) is 26.1 cm³/mol. The zero-order valence-corrected chi connectivity index (χ0v) is 4.85. The van der Waals surface area contributed by atoms with Gasteiger partial charge in [-0.05, 0) is 0 Å². The van der Waals surface area contributed by atoms with Crippen LogP contribution in [-0.4, -0.2) is 4.82 Å². The van der Waals surface area contributed by atoms with Gasteiger partial charge in [0.25, 0.3) is 0 Å². The Kier molecular flexibility index (Phi) is 24.6. The molecule has 41 valence electrons. The number of hydrogen-bond acceptors (Lipinski definition) is 1. The van der Waals surface area contributed by atoms with E-state index in [9.17, 15) is 0 Å². The van der Waals surface area contributed by atoms with Gasteiger partial charge in [0.05, 0.1) is 0 Å². The first kappa shape index (κ1) is 9.76. The van der Waals surface area contributed by atoms with Crippen molar-refractivity contribution in [2.45, 2.75) is 0 Å². The summed E-state index contributed by atoms with van der Waals surface area (Å²) in [5.41, 5.74) is 0. The second-order valence-corrected chi connectivity index (χ2v) is 0.752. The third-order valence-corrected chi connectivity index (χ3v) is 0.167. The zero-order valence-electron chi connectivity index (χ0n) is 3.81. The van der Waals surface area contributed by atoms with Crippen molar-refractivity contribution < 1.29 is 20.1 Å². The summed E-state index contributed by atoms with van der Waals surface area (Å²) in [6, 6.07) is 0. The fraction of sp³-hybridized carbons (Fsp3) is 0. The van der Waals surface area contributed by atoms with Gasteiger partial charge in [-0.2, -0.15) is 0 Å². The molecule has 2 heteroatoms. The van der Waals surface area contributed by atoms with E-state index in [4.69, 9.17) is 4.79 Å². The molecule has 0 atom stereocenters. The van der Waals surface area contributed by atoms with Gasteiger partial charge in [-0.25, -0.2) is 0 Å². The zero-order chi connectivity index (χ0) is 6.12. The second-order valence-electron chi connectivity index (χ2n) is 0.539. The van der Waals surface area contributed by atoms with Crippen molar-refractivity contribution in [3.63, 3.8) is 0 Å². The van der Waals surface area contributed by atoms with Gasteiger partial charge >= 0.3 is 24.9 Å². The fourth-order valence-corrected chi connectivity index (χ4v) is 0. The Hall–Kier alpha value is -0.434. The van der Waals surface area contributed by atoms with E-state index in [-0.39, 0.29) is 0 Å². The van der Waals surface area contributed by atoms with Crippen LogP contribution in [-0.2, 0) is 20.1 Å². The summed E-state index contributed by atoms with van der Waals surface area (Å²) in [6.45, 7) is 6.72. The van der Waals surface area contributed by atoms with Crippen molar-refractivity contribution in [2.24, 2.45) is 0 Å². The molecule has 0 fully saturated rings. The van der Waals surface area contributed by atoms with E-state index < -0.39 is 0 Å². The van der Waals surface area contributed by atoms with Crippen molar-refractivity contribution in [2.75, 3.05) is 0 Å². The maximum absolute atomic E-state index is 8.54. The summed E-state index contributed by atoms with van der Waals surface area (Å²) in [5, 5.41) is 0. The molecule has 0 N–H and O–H groups in total. The first-order valence-corrected chi connectivity index (χ1v) is 2.04.